The number of nitrogens with two attached hydrogens (primary N) is 1. The summed E-state index contributed by atoms with van der Waals surface area (Å²) in [5.41, 5.74) is 6.18. The first-order chi connectivity index (χ1) is 7.79. The van der Waals surface area contributed by atoms with E-state index in [1.165, 1.54) is 7.11 Å². The third-order valence-electron chi connectivity index (χ3n) is 1.92. The lowest BCUT2D eigenvalue weighted by Gasteiger charge is -2.07. The number of methoxy groups -OCH3 is 1. The zero-order valence-electron chi connectivity index (χ0n) is 8.75. The Balaban J connectivity index is 2.27. The molecular weight excluding hydrogens is 206 g/mol. The molecule has 2 heterocycles. The van der Waals surface area contributed by atoms with Gasteiger partial charge in [0, 0.05) is 12.3 Å². The maximum absolute atomic E-state index is 5.73. The standard InChI is InChI=1S/C11H11N3O2/c1-15-10-5-4-9(12)11(14-10)16-8-3-2-6-13-7-8/h2-7H,12H2,1H3. The summed E-state index contributed by atoms with van der Waals surface area (Å²) < 4.78 is 10.5. The molecule has 2 N–H and O–H groups in total. The average molecular weight is 217 g/mol. The minimum absolute atomic E-state index is 0.312. The van der Waals surface area contributed by atoms with E-state index in [9.17, 15) is 0 Å². The normalized spacial score (nSPS) is 9.81. The summed E-state index contributed by atoms with van der Waals surface area (Å²) in [5.74, 6) is 1.34. The van der Waals surface area contributed by atoms with Crippen molar-refractivity contribution in [3.63, 3.8) is 0 Å². The van der Waals surface area contributed by atoms with Crippen LogP contribution in [0.1, 0.15) is 0 Å². The summed E-state index contributed by atoms with van der Waals surface area (Å²) in [4.78, 5) is 8.02. The smallest absolute Gasteiger partial charge is 0.246 e. The molecule has 2 aromatic rings. The van der Waals surface area contributed by atoms with Gasteiger partial charge in [0.05, 0.1) is 19.0 Å². The average Bonchev–Trinajstić information content (AvgIpc) is 2.33. The Morgan fingerprint density at radius 3 is 2.81 bits per heavy atom. The minimum atomic E-state index is 0.312. The Bertz CT molecular complexity index is 474. The van der Waals surface area contributed by atoms with Gasteiger partial charge in [-0.25, -0.2) is 0 Å². The van der Waals surface area contributed by atoms with E-state index in [1.807, 2.05) is 0 Å². The van der Waals surface area contributed by atoms with Gasteiger partial charge in [-0.15, -0.1) is 0 Å². The SMILES string of the molecule is COc1ccc(N)c(Oc2cccnc2)n1. The molecule has 0 aliphatic rings. The van der Waals surface area contributed by atoms with Crippen molar-refractivity contribution in [2.24, 2.45) is 0 Å². The predicted molar refractivity (Wildman–Crippen MR) is 59.5 cm³/mol. The molecule has 5 nitrogen and oxygen atoms in total. The lowest BCUT2D eigenvalue weighted by Crippen LogP contribution is -1.97. The van der Waals surface area contributed by atoms with Crippen LogP contribution >= 0.6 is 0 Å². The van der Waals surface area contributed by atoms with Crippen LogP contribution < -0.4 is 15.2 Å². The third-order valence-corrected chi connectivity index (χ3v) is 1.92. The summed E-state index contributed by atoms with van der Waals surface area (Å²) in [6, 6.07) is 6.89. The number of anilines is 1. The molecule has 0 saturated heterocycles. The predicted octanol–water partition coefficient (Wildman–Crippen LogP) is 1.86. The number of ether oxygens (including phenoxy) is 2. The summed E-state index contributed by atoms with van der Waals surface area (Å²) in [6.07, 6.45) is 3.25. The Hall–Kier alpha value is -2.30. The second kappa shape index (κ2) is 4.48. The number of nitrogen functional groups attached to an aromatic ring is 1. The topological polar surface area (TPSA) is 70.3 Å². The maximum atomic E-state index is 5.73. The van der Waals surface area contributed by atoms with Crippen LogP contribution in [0.4, 0.5) is 5.69 Å². The van der Waals surface area contributed by atoms with Crippen LogP contribution in [0, 0.1) is 0 Å². The van der Waals surface area contributed by atoms with Crippen molar-refractivity contribution < 1.29 is 9.47 Å². The molecular formula is C11H11N3O2. The van der Waals surface area contributed by atoms with Crippen molar-refractivity contribution in [1.82, 2.24) is 9.97 Å². The fourth-order valence-electron chi connectivity index (χ4n) is 1.15. The number of aromatic nitrogens is 2. The molecule has 0 aromatic carbocycles. The van der Waals surface area contributed by atoms with Gasteiger partial charge in [0.25, 0.3) is 0 Å². The Morgan fingerprint density at radius 1 is 1.25 bits per heavy atom. The second-order valence-electron chi connectivity index (χ2n) is 3.04. The highest BCUT2D eigenvalue weighted by Crippen LogP contribution is 2.26. The number of nitrogens with zero attached hydrogens (tertiary/aromatic N) is 2. The van der Waals surface area contributed by atoms with E-state index in [1.54, 1.807) is 36.7 Å². The molecule has 5 heteroatoms. The van der Waals surface area contributed by atoms with E-state index in [4.69, 9.17) is 15.2 Å². The minimum Gasteiger partial charge on any atom is -0.481 e. The molecule has 0 radical (unpaired) electrons. The Labute approximate surface area is 92.9 Å². The van der Waals surface area contributed by atoms with E-state index < -0.39 is 0 Å². The molecule has 0 spiro atoms. The van der Waals surface area contributed by atoms with Crippen molar-refractivity contribution in [3.8, 4) is 17.5 Å². The number of pyridine rings is 2. The molecule has 0 atom stereocenters. The highest BCUT2D eigenvalue weighted by atomic mass is 16.5. The van der Waals surface area contributed by atoms with Gasteiger partial charge < -0.3 is 15.2 Å². The van der Waals surface area contributed by atoms with Gasteiger partial charge >= 0.3 is 0 Å². The molecule has 2 rings (SSSR count). The molecule has 0 unspecified atom stereocenters. The van der Waals surface area contributed by atoms with E-state index >= 15 is 0 Å². The van der Waals surface area contributed by atoms with Crippen molar-refractivity contribution >= 4 is 5.69 Å². The number of hydrogen-bond acceptors (Lipinski definition) is 5. The van der Waals surface area contributed by atoms with Crippen LogP contribution in [-0.2, 0) is 0 Å². The number of rotatable bonds is 3. The molecule has 16 heavy (non-hydrogen) atoms. The van der Waals surface area contributed by atoms with Crippen molar-refractivity contribution in [3.05, 3.63) is 36.7 Å². The van der Waals surface area contributed by atoms with Crippen LogP contribution in [0.3, 0.4) is 0 Å². The molecule has 0 fully saturated rings. The summed E-state index contributed by atoms with van der Waals surface area (Å²) in [5, 5.41) is 0. The second-order valence-corrected chi connectivity index (χ2v) is 3.04. The van der Waals surface area contributed by atoms with Gasteiger partial charge in [-0.1, -0.05) is 0 Å². The van der Waals surface area contributed by atoms with Crippen molar-refractivity contribution in [2.45, 2.75) is 0 Å². The Kier molecular flexibility index (Phi) is 2.86. The third kappa shape index (κ3) is 2.20. The van der Waals surface area contributed by atoms with E-state index in [0.29, 0.717) is 23.2 Å². The van der Waals surface area contributed by atoms with Gasteiger partial charge in [0.1, 0.15) is 5.75 Å². The highest BCUT2D eigenvalue weighted by molar-refractivity contribution is 5.50. The molecule has 0 amide bonds. The lowest BCUT2D eigenvalue weighted by atomic mass is 10.4. The lowest BCUT2D eigenvalue weighted by molar-refractivity contribution is 0.384. The van der Waals surface area contributed by atoms with Gasteiger partial charge in [-0.3, -0.25) is 4.98 Å². The summed E-state index contributed by atoms with van der Waals surface area (Å²) >= 11 is 0. The quantitative estimate of drug-likeness (QED) is 0.849. The van der Waals surface area contributed by atoms with Crippen LogP contribution in [0.15, 0.2) is 36.7 Å². The van der Waals surface area contributed by atoms with Gasteiger partial charge in [-0.05, 0) is 18.2 Å². The fraction of sp³-hybridized carbons (Fsp3) is 0.0909. The number of hydrogen-bond donors (Lipinski definition) is 1. The van der Waals surface area contributed by atoms with Crippen LogP contribution in [0.25, 0.3) is 0 Å². The zero-order chi connectivity index (χ0) is 11.4. The first-order valence-corrected chi connectivity index (χ1v) is 4.68. The first-order valence-electron chi connectivity index (χ1n) is 4.68. The van der Waals surface area contributed by atoms with E-state index in [0.717, 1.165) is 0 Å². The molecule has 82 valence electrons. The Morgan fingerprint density at radius 2 is 2.12 bits per heavy atom. The van der Waals surface area contributed by atoms with Crippen molar-refractivity contribution in [2.75, 3.05) is 12.8 Å². The summed E-state index contributed by atoms with van der Waals surface area (Å²) in [6.45, 7) is 0. The van der Waals surface area contributed by atoms with Crippen LogP contribution in [0.2, 0.25) is 0 Å². The van der Waals surface area contributed by atoms with E-state index in [-0.39, 0.29) is 0 Å². The van der Waals surface area contributed by atoms with E-state index in [2.05, 4.69) is 9.97 Å². The molecule has 0 bridgehead atoms. The molecule has 0 saturated carbocycles. The van der Waals surface area contributed by atoms with Crippen LogP contribution in [-0.4, -0.2) is 17.1 Å². The molecule has 2 aromatic heterocycles. The van der Waals surface area contributed by atoms with Gasteiger partial charge in [0.2, 0.25) is 11.8 Å². The van der Waals surface area contributed by atoms with Gasteiger partial charge in [0.15, 0.2) is 0 Å². The van der Waals surface area contributed by atoms with Crippen LogP contribution in [0.5, 0.6) is 17.5 Å². The maximum Gasteiger partial charge on any atom is 0.246 e. The molecule has 0 aliphatic heterocycles. The molecule has 0 aliphatic carbocycles. The van der Waals surface area contributed by atoms with Gasteiger partial charge in [-0.2, -0.15) is 4.98 Å². The largest absolute Gasteiger partial charge is 0.481 e. The first kappa shape index (κ1) is 10.2. The monoisotopic (exact) mass is 217 g/mol. The highest BCUT2D eigenvalue weighted by Gasteiger charge is 2.05. The zero-order valence-corrected chi connectivity index (χ0v) is 8.75. The summed E-state index contributed by atoms with van der Waals surface area (Å²) in [7, 11) is 1.53. The fourth-order valence-corrected chi connectivity index (χ4v) is 1.15. The van der Waals surface area contributed by atoms with Crippen molar-refractivity contribution in [1.29, 1.82) is 0 Å².